The van der Waals surface area contributed by atoms with E-state index in [9.17, 15) is 9.59 Å². The summed E-state index contributed by atoms with van der Waals surface area (Å²) in [7, 11) is 0. The van der Waals surface area contributed by atoms with Gasteiger partial charge in [0.25, 0.3) is 5.91 Å². The molecule has 2 N–H and O–H groups in total. The highest BCUT2D eigenvalue weighted by molar-refractivity contribution is 6.04. The van der Waals surface area contributed by atoms with Gasteiger partial charge in [-0.25, -0.2) is 4.79 Å². The van der Waals surface area contributed by atoms with Gasteiger partial charge in [-0.15, -0.1) is 0 Å². The molecular weight excluding hydrogens is 278 g/mol. The number of carbonyl (C=O) groups excluding carboxylic acids is 2. The van der Waals surface area contributed by atoms with Crippen molar-refractivity contribution < 1.29 is 9.59 Å². The van der Waals surface area contributed by atoms with E-state index >= 15 is 0 Å². The van der Waals surface area contributed by atoms with Crippen LogP contribution in [0.1, 0.15) is 15.9 Å². The lowest BCUT2D eigenvalue weighted by atomic mass is 10.1. The first-order chi connectivity index (χ1) is 10.6. The largest absolute Gasteiger partial charge is 0.336 e. The molecule has 3 rings (SSSR count). The van der Waals surface area contributed by atoms with Crippen molar-refractivity contribution in [2.75, 3.05) is 23.3 Å². The number of amides is 3. The molecule has 112 valence electrons. The number of nitrogens with zero attached hydrogens (tertiary/aromatic N) is 1. The summed E-state index contributed by atoms with van der Waals surface area (Å²) in [5.74, 6) is -0.164. The molecule has 1 saturated heterocycles. The highest BCUT2D eigenvalue weighted by atomic mass is 16.2. The second-order valence-electron chi connectivity index (χ2n) is 5.25. The predicted molar refractivity (Wildman–Crippen MR) is 86.3 cm³/mol. The second-order valence-corrected chi connectivity index (χ2v) is 5.25. The van der Waals surface area contributed by atoms with Crippen LogP contribution in [-0.2, 0) is 0 Å². The van der Waals surface area contributed by atoms with Crippen molar-refractivity contribution in [1.29, 1.82) is 0 Å². The van der Waals surface area contributed by atoms with Crippen molar-refractivity contribution in [3.05, 3.63) is 59.7 Å². The van der Waals surface area contributed by atoms with Crippen LogP contribution in [0.25, 0.3) is 0 Å². The average Bonchev–Trinajstić information content (AvgIpc) is 2.94. The summed E-state index contributed by atoms with van der Waals surface area (Å²) in [6.45, 7) is 3.25. The van der Waals surface area contributed by atoms with Gasteiger partial charge in [0.05, 0.1) is 0 Å². The summed E-state index contributed by atoms with van der Waals surface area (Å²) < 4.78 is 0. The minimum absolute atomic E-state index is 0.109. The molecule has 22 heavy (non-hydrogen) atoms. The SMILES string of the molecule is Cc1ccc(C(=O)Nc2cccc(N3CCNC3=O)c2)cc1. The molecule has 0 aromatic heterocycles. The van der Waals surface area contributed by atoms with Crippen molar-refractivity contribution in [3.63, 3.8) is 0 Å². The monoisotopic (exact) mass is 295 g/mol. The summed E-state index contributed by atoms with van der Waals surface area (Å²) >= 11 is 0. The molecule has 0 saturated carbocycles. The van der Waals surface area contributed by atoms with E-state index in [0.717, 1.165) is 11.3 Å². The van der Waals surface area contributed by atoms with Crippen LogP contribution < -0.4 is 15.5 Å². The zero-order valence-corrected chi connectivity index (χ0v) is 12.3. The Morgan fingerprint density at radius 3 is 2.64 bits per heavy atom. The van der Waals surface area contributed by atoms with Crippen LogP contribution in [0.4, 0.5) is 16.2 Å². The maximum absolute atomic E-state index is 12.2. The molecule has 2 aromatic carbocycles. The van der Waals surface area contributed by atoms with E-state index in [1.807, 2.05) is 37.3 Å². The van der Waals surface area contributed by atoms with Gasteiger partial charge >= 0.3 is 6.03 Å². The van der Waals surface area contributed by atoms with E-state index in [2.05, 4.69) is 10.6 Å². The number of rotatable bonds is 3. The molecule has 0 aliphatic carbocycles. The van der Waals surface area contributed by atoms with Crippen LogP contribution in [0.3, 0.4) is 0 Å². The van der Waals surface area contributed by atoms with E-state index in [4.69, 9.17) is 0 Å². The van der Waals surface area contributed by atoms with Gasteiger partial charge in [0.15, 0.2) is 0 Å². The van der Waals surface area contributed by atoms with Crippen LogP contribution in [0, 0.1) is 6.92 Å². The van der Waals surface area contributed by atoms with Crippen molar-refractivity contribution in [2.24, 2.45) is 0 Å². The fourth-order valence-corrected chi connectivity index (χ4v) is 2.38. The molecule has 5 heteroatoms. The van der Waals surface area contributed by atoms with Gasteiger partial charge in [-0.05, 0) is 37.3 Å². The Morgan fingerprint density at radius 2 is 1.95 bits per heavy atom. The molecule has 5 nitrogen and oxygen atoms in total. The van der Waals surface area contributed by atoms with Crippen molar-refractivity contribution >= 4 is 23.3 Å². The first-order valence-corrected chi connectivity index (χ1v) is 7.17. The molecule has 3 amide bonds. The molecule has 1 aliphatic heterocycles. The zero-order chi connectivity index (χ0) is 15.5. The number of aryl methyl sites for hydroxylation is 1. The van der Waals surface area contributed by atoms with Crippen LogP contribution >= 0.6 is 0 Å². The Morgan fingerprint density at radius 1 is 1.18 bits per heavy atom. The number of nitrogens with one attached hydrogen (secondary N) is 2. The standard InChI is InChI=1S/C17H17N3O2/c1-12-5-7-13(8-6-12)16(21)19-14-3-2-4-15(11-14)20-10-9-18-17(20)22/h2-8,11H,9-10H2,1H3,(H,18,22)(H,19,21). The lowest BCUT2D eigenvalue weighted by molar-refractivity contribution is 0.102. The summed E-state index contributed by atoms with van der Waals surface area (Å²) in [5, 5.41) is 5.62. The molecule has 0 unspecified atom stereocenters. The average molecular weight is 295 g/mol. The molecule has 1 aliphatic rings. The van der Waals surface area contributed by atoms with Gasteiger partial charge in [0.2, 0.25) is 0 Å². The predicted octanol–water partition coefficient (Wildman–Crippen LogP) is 2.78. The van der Waals surface area contributed by atoms with Gasteiger partial charge in [-0.3, -0.25) is 9.69 Å². The number of carbonyl (C=O) groups is 2. The second kappa shape index (κ2) is 5.89. The van der Waals surface area contributed by atoms with Gasteiger partial charge in [-0.1, -0.05) is 23.8 Å². The fourth-order valence-electron chi connectivity index (χ4n) is 2.38. The first kappa shape index (κ1) is 14.1. The third-order valence-electron chi connectivity index (χ3n) is 3.59. The van der Waals surface area contributed by atoms with Gasteiger partial charge in [0.1, 0.15) is 0 Å². The number of urea groups is 1. The molecule has 1 heterocycles. The van der Waals surface area contributed by atoms with Crippen LogP contribution in [0.5, 0.6) is 0 Å². The molecule has 0 radical (unpaired) electrons. The van der Waals surface area contributed by atoms with Crippen molar-refractivity contribution in [3.8, 4) is 0 Å². The number of benzene rings is 2. The highest BCUT2D eigenvalue weighted by Gasteiger charge is 2.21. The number of anilines is 2. The normalized spacial score (nSPS) is 13.9. The van der Waals surface area contributed by atoms with E-state index in [1.54, 1.807) is 23.1 Å². The van der Waals surface area contributed by atoms with Gasteiger partial charge < -0.3 is 10.6 Å². The maximum atomic E-state index is 12.2. The Kier molecular flexibility index (Phi) is 3.78. The quantitative estimate of drug-likeness (QED) is 0.914. The van der Waals surface area contributed by atoms with Crippen LogP contribution in [-0.4, -0.2) is 25.0 Å². The smallest absolute Gasteiger partial charge is 0.321 e. The lowest BCUT2D eigenvalue weighted by Gasteiger charge is -2.15. The Hall–Kier alpha value is -2.82. The number of hydrogen-bond acceptors (Lipinski definition) is 2. The molecule has 0 bridgehead atoms. The van der Waals surface area contributed by atoms with Crippen molar-refractivity contribution in [2.45, 2.75) is 6.92 Å². The van der Waals surface area contributed by atoms with E-state index < -0.39 is 0 Å². The molecule has 0 spiro atoms. The Balaban J connectivity index is 1.76. The van der Waals surface area contributed by atoms with Gasteiger partial charge in [0, 0.05) is 30.0 Å². The number of hydrogen-bond donors (Lipinski definition) is 2. The van der Waals surface area contributed by atoms with Gasteiger partial charge in [-0.2, -0.15) is 0 Å². The minimum atomic E-state index is -0.164. The van der Waals surface area contributed by atoms with E-state index in [-0.39, 0.29) is 11.9 Å². The van der Waals surface area contributed by atoms with E-state index in [1.165, 1.54) is 0 Å². The molecule has 0 atom stereocenters. The lowest BCUT2D eigenvalue weighted by Crippen LogP contribution is -2.27. The zero-order valence-electron chi connectivity index (χ0n) is 12.3. The molecule has 2 aromatic rings. The van der Waals surface area contributed by atoms with Crippen molar-refractivity contribution in [1.82, 2.24) is 5.32 Å². The Labute approximate surface area is 128 Å². The third kappa shape index (κ3) is 2.93. The maximum Gasteiger partial charge on any atom is 0.321 e. The topological polar surface area (TPSA) is 61.4 Å². The molecular formula is C17H17N3O2. The summed E-state index contributed by atoms with van der Waals surface area (Å²) in [6, 6.07) is 14.6. The molecule has 1 fully saturated rings. The highest BCUT2D eigenvalue weighted by Crippen LogP contribution is 2.21. The van der Waals surface area contributed by atoms with E-state index in [0.29, 0.717) is 24.3 Å². The fraction of sp³-hybridized carbons (Fsp3) is 0.176. The minimum Gasteiger partial charge on any atom is -0.336 e. The summed E-state index contributed by atoms with van der Waals surface area (Å²) in [6.07, 6.45) is 0. The summed E-state index contributed by atoms with van der Waals surface area (Å²) in [4.78, 5) is 25.6. The van der Waals surface area contributed by atoms with Crippen LogP contribution in [0.15, 0.2) is 48.5 Å². The third-order valence-corrected chi connectivity index (χ3v) is 3.59. The summed E-state index contributed by atoms with van der Waals surface area (Å²) in [5.41, 5.74) is 3.16. The van der Waals surface area contributed by atoms with Crippen LogP contribution in [0.2, 0.25) is 0 Å². The first-order valence-electron chi connectivity index (χ1n) is 7.17. The Bertz CT molecular complexity index is 710.